The first kappa shape index (κ1) is 21.4. The minimum absolute atomic E-state index is 0.0487. The maximum Gasteiger partial charge on any atom is 0.318 e. The number of esters is 1. The van der Waals surface area contributed by atoms with E-state index < -0.39 is 17.0 Å². The predicted octanol–water partition coefficient (Wildman–Crippen LogP) is 2.64. The molecule has 0 heterocycles. The van der Waals surface area contributed by atoms with Gasteiger partial charge in [-0.3, -0.25) is 14.4 Å². The van der Waals surface area contributed by atoms with Crippen molar-refractivity contribution in [3.63, 3.8) is 0 Å². The summed E-state index contributed by atoms with van der Waals surface area (Å²) in [5, 5.41) is 4.80. The molecule has 2 N–H and O–H groups in total. The van der Waals surface area contributed by atoms with E-state index in [0.717, 1.165) is 0 Å². The third-order valence-corrected chi connectivity index (χ3v) is 4.94. The zero-order chi connectivity index (χ0) is 20.5. The monoisotopic (exact) mass is 404 g/mol. The number of hydrogen-bond donors (Lipinski definition) is 2. The first-order valence-electron chi connectivity index (χ1n) is 8.58. The van der Waals surface area contributed by atoms with E-state index in [1.807, 2.05) is 0 Å². The van der Waals surface area contributed by atoms with Gasteiger partial charge in [-0.05, 0) is 31.2 Å². The number of halogens is 1. The van der Waals surface area contributed by atoms with Crippen LogP contribution in [0.15, 0.2) is 53.4 Å². The number of benzene rings is 2. The highest BCUT2D eigenvalue weighted by molar-refractivity contribution is 8.00. The van der Waals surface area contributed by atoms with Crippen molar-refractivity contribution in [2.45, 2.75) is 17.1 Å². The van der Waals surface area contributed by atoms with Gasteiger partial charge < -0.3 is 15.4 Å². The van der Waals surface area contributed by atoms with Gasteiger partial charge in [0.2, 0.25) is 0 Å². The first-order chi connectivity index (χ1) is 13.4. The number of methoxy groups -OCH3 is 1. The average Bonchev–Trinajstić information content (AvgIpc) is 2.70. The van der Waals surface area contributed by atoms with Gasteiger partial charge in [-0.25, -0.2) is 4.39 Å². The molecule has 0 fully saturated rings. The number of rotatable bonds is 8. The summed E-state index contributed by atoms with van der Waals surface area (Å²) in [5.74, 6) is -1.86. The zero-order valence-corrected chi connectivity index (χ0v) is 16.3. The van der Waals surface area contributed by atoms with Gasteiger partial charge in [-0.15, -0.1) is 11.8 Å². The summed E-state index contributed by atoms with van der Waals surface area (Å²) in [6.45, 7) is 2.01. The van der Waals surface area contributed by atoms with Gasteiger partial charge in [0.05, 0.1) is 18.2 Å². The van der Waals surface area contributed by atoms with Crippen molar-refractivity contribution in [2.75, 3.05) is 20.2 Å². The lowest BCUT2D eigenvalue weighted by atomic mass is 10.2. The summed E-state index contributed by atoms with van der Waals surface area (Å²) in [5.41, 5.74) is 0.371. The van der Waals surface area contributed by atoms with Crippen LogP contribution in [0, 0.1) is 5.82 Å². The van der Waals surface area contributed by atoms with Crippen molar-refractivity contribution in [3.8, 4) is 0 Å². The number of amides is 2. The average molecular weight is 404 g/mol. The van der Waals surface area contributed by atoms with Crippen LogP contribution in [0.2, 0.25) is 0 Å². The van der Waals surface area contributed by atoms with Gasteiger partial charge in [0, 0.05) is 18.0 Å². The summed E-state index contributed by atoms with van der Waals surface area (Å²) in [6.07, 6.45) is 0. The molecule has 0 aromatic heterocycles. The highest BCUT2D eigenvalue weighted by Gasteiger charge is 2.19. The molecule has 148 valence electrons. The highest BCUT2D eigenvalue weighted by Crippen LogP contribution is 2.27. The van der Waals surface area contributed by atoms with Gasteiger partial charge >= 0.3 is 5.97 Å². The third-order valence-electron chi connectivity index (χ3n) is 3.78. The van der Waals surface area contributed by atoms with Crippen molar-refractivity contribution in [2.24, 2.45) is 0 Å². The topological polar surface area (TPSA) is 84.5 Å². The third kappa shape index (κ3) is 5.82. The van der Waals surface area contributed by atoms with Crippen molar-refractivity contribution in [1.29, 1.82) is 0 Å². The molecule has 2 aromatic rings. The Morgan fingerprint density at radius 3 is 2.11 bits per heavy atom. The minimum Gasteiger partial charge on any atom is -0.468 e. The fourth-order valence-electron chi connectivity index (χ4n) is 2.35. The SMILES string of the molecule is COC(=O)C(C)Sc1ccccc1C(=O)NCCNC(=O)c1ccccc1F. The Bertz CT molecular complexity index is 860. The Balaban J connectivity index is 1.89. The fourth-order valence-corrected chi connectivity index (χ4v) is 3.37. The van der Waals surface area contributed by atoms with Crippen molar-refractivity contribution < 1.29 is 23.5 Å². The van der Waals surface area contributed by atoms with Gasteiger partial charge in [0.1, 0.15) is 11.1 Å². The quantitative estimate of drug-likeness (QED) is 0.401. The van der Waals surface area contributed by atoms with Gasteiger partial charge in [-0.2, -0.15) is 0 Å². The number of nitrogens with one attached hydrogen (secondary N) is 2. The summed E-state index contributed by atoms with van der Waals surface area (Å²) in [4.78, 5) is 36.6. The van der Waals surface area contributed by atoms with Gasteiger partial charge in [0.15, 0.2) is 0 Å². The van der Waals surface area contributed by atoms with Crippen molar-refractivity contribution in [3.05, 3.63) is 65.5 Å². The molecule has 1 atom stereocenters. The van der Waals surface area contributed by atoms with E-state index in [4.69, 9.17) is 4.74 Å². The number of carbonyl (C=O) groups is 3. The van der Waals surface area contributed by atoms with E-state index in [9.17, 15) is 18.8 Å². The molecule has 0 saturated carbocycles. The second kappa shape index (κ2) is 10.5. The van der Waals surface area contributed by atoms with E-state index >= 15 is 0 Å². The molecule has 28 heavy (non-hydrogen) atoms. The van der Waals surface area contributed by atoms with Crippen LogP contribution in [0.4, 0.5) is 4.39 Å². The molecule has 2 amide bonds. The molecule has 0 saturated heterocycles. The summed E-state index contributed by atoms with van der Waals surface area (Å²) >= 11 is 1.23. The van der Waals surface area contributed by atoms with Crippen LogP contribution in [-0.2, 0) is 9.53 Å². The van der Waals surface area contributed by atoms with E-state index in [2.05, 4.69) is 10.6 Å². The molecule has 0 aliphatic carbocycles. The normalized spacial score (nSPS) is 11.4. The highest BCUT2D eigenvalue weighted by atomic mass is 32.2. The minimum atomic E-state index is -0.602. The molecule has 2 rings (SSSR count). The molecule has 2 aromatic carbocycles. The van der Waals surface area contributed by atoms with E-state index in [1.165, 1.54) is 37.1 Å². The van der Waals surface area contributed by atoms with Crippen LogP contribution in [0.1, 0.15) is 27.6 Å². The zero-order valence-electron chi connectivity index (χ0n) is 15.5. The van der Waals surface area contributed by atoms with Crippen LogP contribution in [0.3, 0.4) is 0 Å². The fraction of sp³-hybridized carbons (Fsp3) is 0.250. The Morgan fingerprint density at radius 1 is 0.964 bits per heavy atom. The second-order valence-electron chi connectivity index (χ2n) is 5.77. The smallest absolute Gasteiger partial charge is 0.318 e. The van der Waals surface area contributed by atoms with Gasteiger partial charge in [-0.1, -0.05) is 24.3 Å². The van der Waals surface area contributed by atoms with E-state index in [0.29, 0.717) is 10.5 Å². The largest absolute Gasteiger partial charge is 0.468 e. The molecule has 6 nitrogen and oxygen atoms in total. The molecule has 0 aliphatic heterocycles. The molecule has 8 heteroatoms. The van der Waals surface area contributed by atoms with Gasteiger partial charge in [0.25, 0.3) is 11.8 Å². The van der Waals surface area contributed by atoms with Crippen LogP contribution < -0.4 is 10.6 Å². The number of ether oxygens (including phenoxy) is 1. The van der Waals surface area contributed by atoms with Crippen LogP contribution in [0.25, 0.3) is 0 Å². The first-order valence-corrected chi connectivity index (χ1v) is 9.46. The Kier molecular flexibility index (Phi) is 8.01. The molecular formula is C20H21FN2O4S. The maximum absolute atomic E-state index is 13.6. The number of carbonyl (C=O) groups excluding carboxylic acids is 3. The molecule has 0 bridgehead atoms. The predicted molar refractivity (Wildman–Crippen MR) is 105 cm³/mol. The number of hydrogen-bond acceptors (Lipinski definition) is 5. The van der Waals surface area contributed by atoms with Crippen LogP contribution in [0.5, 0.6) is 0 Å². The molecule has 0 spiro atoms. The lowest BCUT2D eigenvalue weighted by Crippen LogP contribution is -2.35. The summed E-state index contributed by atoms with van der Waals surface area (Å²) in [7, 11) is 1.31. The summed E-state index contributed by atoms with van der Waals surface area (Å²) in [6, 6.07) is 12.6. The van der Waals surface area contributed by atoms with E-state index in [1.54, 1.807) is 37.3 Å². The molecule has 0 aliphatic rings. The Labute approximate surface area is 166 Å². The van der Waals surface area contributed by atoms with Crippen molar-refractivity contribution >= 4 is 29.5 Å². The van der Waals surface area contributed by atoms with E-state index in [-0.39, 0.29) is 30.5 Å². The maximum atomic E-state index is 13.6. The lowest BCUT2D eigenvalue weighted by Gasteiger charge is -2.13. The molecule has 0 radical (unpaired) electrons. The molecular weight excluding hydrogens is 383 g/mol. The van der Waals surface area contributed by atoms with Crippen LogP contribution >= 0.6 is 11.8 Å². The van der Waals surface area contributed by atoms with Crippen LogP contribution in [-0.4, -0.2) is 43.2 Å². The Morgan fingerprint density at radius 2 is 1.50 bits per heavy atom. The number of thioether (sulfide) groups is 1. The molecule has 1 unspecified atom stereocenters. The standard InChI is InChI=1S/C20H21FN2O4S/c1-13(20(26)27-2)28-17-10-6-4-8-15(17)19(25)23-12-11-22-18(24)14-7-3-5-9-16(14)21/h3-10,13H,11-12H2,1-2H3,(H,22,24)(H,23,25). The van der Waals surface area contributed by atoms with Crippen molar-refractivity contribution in [1.82, 2.24) is 10.6 Å². The Hall–Kier alpha value is -2.87. The second-order valence-corrected chi connectivity index (χ2v) is 7.15. The summed E-state index contributed by atoms with van der Waals surface area (Å²) < 4.78 is 18.3. The lowest BCUT2D eigenvalue weighted by molar-refractivity contribution is -0.139.